The van der Waals surface area contributed by atoms with Crippen LogP contribution in [-0.4, -0.2) is 29.6 Å². The van der Waals surface area contributed by atoms with Crippen LogP contribution in [0.2, 0.25) is 5.02 Å². The largest absolute Gasteiger partial charge is 0.492 e. The predicted molar refractivity (Wildman–Crippen MR) is 131 cm³/mol. The summed E-state index contributed by atoms with van der Waals surface area (Å²) in [6.07, 6.45) is 1.83. The average molecular weight is 487 g/mol. The first-order valence-corrected chi connectivity index (χ1v) is 12.1. The zero-order chi connectivity index (χ0) is 24.4. The van der Waals surface area contributed by atoms with Crippen molar-refractivity contribution in [3.63, 3.8) is 0 Å². The highest BCUT2D eigenvalue weighted by Gasteiger charge is 2.74. The molecule has 4 unspecified atom stereocenters. The van der Waals surface area contributed by atoms with Crippen LogP contribution in [0.15, 0.2) is 60.7 Å². The first-order chi connectivity index (χ1) is 16.9. The maximum Gasteiger partial charge on any atom is 0.240 e. The summed E-state index contributed by atoms with van der Waals surface area (Å²) in [6, 6.07) is 20.5. The monoisotopic (exact) mass is 486 g/mol. The molecule has 0 aliphatic carbocycles. The van der Waals surface area contributed by atoms with E-state index in [1.165, 1.54) is 4.90 Å². The third-order valence-electron chi connectivity index (χ3n) is 7.89. The fourth-order valence-corrected chi connectivity index (χ4v) is 6.50. The van der Waals surface area contributed by atoms with Crippen LogP contribution in [0.4, 0.5) is 5.69 Å². The van der Waals surface area contributed by atoms with E-state index in [2.05, 4.69) is 6.07 Å². The molecule has 3 aromatic rings. The molecule has 0 saturated carbocycles. The Kier molecular flexibility index (Phi) is 4.93. The second kappa shape index (κ2) is 7.81. The molecule has 3 aromatic carbocycles. The molecule has 0 spiro atoms. The highest BCUT2D eigenvalue weighted by atomic mass is 35.5. The lowest BCUT2D eigenvalue weighted by Crippen LogP contribution is -2.43. The third kappa shape index (κ3) is 3.12. The van der Waals surface area contributed by atoms with Crippen LogP contribution in [-0.2, 0) is 14.3 Å². The van der Waals surface area contributed by atoms with Gasteiger partial charge in [0.25, 0.3) is 0 Å². The van der Waals surface area contributed by atoms with Gasteiger partial charge in [-0.25, -0.2) is 4.90 Å². The Hall–Kier alpha value is -3.40. The molecule has 3 aliphatic rings. The van der Waals surface area contributed by atoms with Gasteiger partial charge in [0.05, 0.1) is 45.9 Å². The molecule has 6 nitrogen and oxygen atoms in total. The number of carbonyl (C=O) groups is 2. The molecule has 3 aliphatic heterocycles. The van der Waals surface area contributed by atoms with Gasteiger partial charge >= 0.3 is 0 Å². The van der Waals surface area contributed by atoms with Gasteiger partial charge in [-0.3, -0.25) is 9.59 Å². The van der Waals surface area contributed by atoms with Crippen LogP contribution in [0.5, 0.6) is 5.75 Å². The van der Waals surface area contributed by atoms with Crippen molar-refractivity contribution in [3.05, 3.63) is 71.2 Å². The maximum absolute atomic E-state index is 13.9. The predicted octanol–water partition coefficient (Wildman–Crippen LogP) is 5.26. The van der Waals surface area contributed by atoms with Crippen LogP contribution in [0.1, 0.15) is 31.7 Å². The van der Waals surface area contributed by atoms with Crippen molar-refractivity contribution in [2.24, 2.45) is 11.8 Å². The van der Waals surface area contributed by atoms with E-state index >= 15 is 0 Å². The third-order valence-corrected chi connectivity index (χ3v) is 8.20. The number of rotatable bonds is 5. The summed E-state index contributed by atoms with van der Waals surface area (Å²) in [4.78, 5) is 28.9. The van der Waals surface area contributed by atoms with Gasteiger partial charge in [0.1, 0.15) is 11.8 Å². The molecule has 3 saturated heterocycles. The van der Waals surface area contributed by atoms with Crippen molar-refractivity contribution in [1.82, 2.24) is 0 Å². The Bertz CT molecular complexity index is 1430. The molecule has 0 N–H and O–H groups in total. The molecular weight excluding hydrogens is 464 g/mol. The number of benzene rings is 3. The Morgan fingerprint density at radius 2 is 1.80 bits per heavy atom. The van der Waals surface area contributed by atoms with Crippen LogP contribution in [0.25, 0.3) is 10.8 Å². The molecule has 0 aromatic heterocycles. The van der Waals surface area contributed by atoms with Gasteiger partial charge in [-0.05, 0) is 43.4 Å². The number of amides is 2. The Balaban J connectivity index is 1.34. The lowest BCUT2D eigenvalue weighted by Gasteiger charge is -2.31. The standard InChI is InChI=1S/C28H23ClN2O4/c1-27-12-13-28(35-27,14-15-34-22-9-5-4-8-20(22)29)24-23(27)25(32)31(26(24)33)21-11-10-17-6-2-3-7-18(17)19(21)16-30/h2-11,23-24H,12-15H2,1H3. The van der Waals surface area contributed by atoms with Gasteiger partial charge in [0, 0.05) is 11.8 Å². The van der Waals surface area contributed by atoms with E-state index in [0.29, 0.717) is 47.9 Å². The van der Waals surface area contributed by atoms with Crippen molar-refractivity contribution in [2.75, 3.05) is 11.5 Å². The van der Waals surface area contributed by atoms with Gasteiger partial charge in [-0.2, -0.15) is 5.26 Å². The molecule has 3 fully saturated rings. The summed E-state index contributed by atoms with van der Waals surface area (Å²) in [5.41, 5.74) is -0.827. The zero-order valence-electron chi connectivity index (χ0n) is 19.2. The van der Waals surface area contributed by atoms with Crippen molar-refractivity contribution >= 4 is 39.9 Å². The van der Waals surface area contributed by atoms with Gasteiger partial charge < -0.3 is 9.47 Å². The number of ether oxygens (including phenoxy) is 2. The van der Waals surface area contributed by atoms with Crippen molar-refractivity contribution < 1.29 is 19.1 Å². The minimum absolute atomic E-state index is 0.289. The van der Waals surface area contributed by atoms with E-state index in [1.807, 2.05) is 49.4 Å². The molecule has 6 rings (SSSR count). The van der Waals surface area contributed by atoms with Crippen molar-refractivity contribution in [3.8, 4) is 11.8 Å². The quantitative estimate of drug-likeness (QED) is 0.459. The van der Waals surface area contributed by atoms with E-state index < -0.39 is 23.0 Å². The molecule has 4 atom stereocenters. The van der Waals surface area contributed by atoms with Gasteiger partial charge in [-0.15, -0.1) is 0 Å². The second-order valence-electron chi connectivity index (χ2n) is 9.77. The number of para-hydroxylation sites is 1. The van der Waals surface area contributed by atoms with Gasteiger partial charge in [-0.1, -0.05) is 54.1 Å². The zero-order valence-corrected chi connectivity index (χ0v) is 19.9. The summed E-state index contributed by atoms with van der Waals surface area (Å²) in [6.45, 7) is 2.23. The number of nitriles is 1. The van der Waals surface area contributed by atoms with E-state index in [-0.39, 0.29) is 11.8 Å². The van der Waals surface area contributed by atoms with E-state index in [9.17, 15) is 14.9 Å². The minimum atomic E-state index is -0.786. The van der Waals surface area contributed by atoms with Gasteiger partial charge in [0.15, 0.2) is 0 Å². The first-order valence-electron chi connectivity index (χ1n) is 11.8. The SMILES string of the molecule is CC12CCC(CCOc3ccccc3Cl)(O1)C1C(=O)N(c3ccc4ccccc4c3C#N)C(=O)C12. The van der Waals surface area contributed by atoms with E-state index in [1.54, 1.807) is 18.2 Å². The number of anilines is 1. The normalized spacial score (nSPS) is 29.0. The fourth-order valence-electron chi connectivity index (χ4n) is 6.31. The highest BCUT2D eigenvalue weighted by molar-refractivity contribution is 6.32. The highest BCUT2D eigenvalue weighted by Crippen LogP contribution is 2.62. The lowest BCUT2D eigenvalue weighted by atomic mass is 9.67. The Morgan fingerprint density at radius 3 is 2.60 bits per heavy atom. The fraction of sp³-hybridized carbons (Fsp3) is 0.321. The Labute approximate surface area is 208 Å². The molecule has 3 heterocycles. The van der Waals surface area contributed by atoms with Crippen molar-refractivity contribution in [2.45, 2.75) is 37.4 Å². The molecular formula is C28H23ClN2O4. The van der Waals surface area contributed by atoms with Crippen LogP contribution in [0, 0.1) is 23.2 Å². The Morgan fingerprint density at radius 1 is 1.06 bits per heavy atom. The molecule has 2 bridgehead atoms. The minimum Gasteiger partial charge on any atom is -0.492 e. The molecule has 176 valence electrons. The number of halogens is 1. The van der Waals surface area contributed by atoms with E-state index in [4.69, 9.17) is 21.1 Å². The van der Waals surface area contributed by atoms with Gasteiger partial charge in [0.2, 0.25) is 11.8 Å². The summed E-state index contributed by atoms with van der Waals surface area (Å²) >= 11 is 6.22. The van der Waals surface area contributed by atoms with Crippen LogP contribution < -0.4 is 9.64 Å². The summed E-state index contributed by atoms with van der Waals surface area (Å²) in [5, 5.41) is 12.1. The summed E-state index contributed by atoms with van der Waals surface area (Å²) in [5.74, 6) is -1.20. The van der Waals surface area contributed by atoms with E-state index in [0.717, 1.165) is 10.8 Å². The lowest BCUT2D eigenvalue weighted by molar-refractivity contribution is -0.131. The first kappa shape index (κ1) is 22.1. The number of fused-ring (bicyclic) bond motifs is 6. The number of hydrogen-bond acceptors (Lipinski definition) is 5. The number of nitrogens with zero attached hydrogens (tertiary/aromatic N) is 2. The smallest absolute Gasteiger partial charge is 0.240 e. The summed E-state index contributed by atoms with van der Waals surface area (Å²) < 4.78 is 12.4. The van der Waals surface area contributed by atoms with Crippen molar-refractivity contribution in [1.29, 1.82) is 5.26 Å². The topological polar surface area (TPSA) is 79.6 Å². The number of hydrogen-bond donors (Lipinski definition) is 0. The maximum atomic E-state index is 13.9. The number of carbonyl (C=O) groups excluding carboxylic acids is 2. The molecule has 35 heavy (non-hydrogen) atoms. The molecule has 0 radical (unpaired) electrons. The number of imide groups is 1. The average Bonchev–Trinajstić information content (AvgIpc) is 3.44. The van der Waals surface area contributed by atoms with Crippen LogP contribution in [0.3, 0.4) is 0 Å². The molecule has 2 amide bonds. The second-order valence-corrected chi connectivity index (χ2v) is 10.2. The molecule has 7 heteroatoms. The van der Waals surface area contributed by atoms with Crippen LogP contribution >= 0.6 is 11.6 Å². The summed E-state index contributed by atoms with van der Waals surface area (Å²) in [7, 11) is 0.